The van der Waals surface area contributed by atoms with Gasteiger partial charge in [-0.3, -0.25) is 14.9 Å². The Hall–Kier alpha value is -4.67. The van der Waals surface area contributed by atoms with Crippen LogP contribution in [0.5, 0.6) is 17.2 Å². The van der Waals surface area contributed by atoms with Gasteiger partial charge in [0.1, 0.15) is 17.2 Å². The highest BCUT2D eigenvalue weighted by Crippen LogP contribution is 2.46. The van der Waals surface area contributed by atoms with E-state index in [1.54, 1.807) is 30.3 Å². The van der Waals surface area contributed by atoms with E-state index in [4.69, 9.17) is 14.2 Å². The Labute approximate surface area is 192 Å². The fourth-order valence-corrected chi connectivity index (χ4v) is 3.55. The lowest BCUT2D eigenvalue weighted by Crippen LogP contribution is -2.15. The molecule has 0 spiro atoms. The number of aromatic nitrogens is 2. The van der Waals surface area contributed by atoms with Crippen LogP contribution in [0.2, 0.25) is 0 Å². The van der Waals surface area contributed by atoms with E-state index in [0.29, 0.717) is 28.1 Å². The number of rotatable bonds is 7. The van der Waals surface area contributed by atoms with Gasteiger partial charge in [0.2, 0.25) is 11.5 Å². The average molecular weight is 466 g/mol. The predicted molar refractivity (Wildman–Crippen MR) is 122 cm³/mol. The van der Waals surface area contributed by atoms with Crippen molar-refractivity contribution in [1.29, 1.82) is 0 Å². The molecule has 0 fully saturated rings. The maximum atomic E-state index is 13.6. The Morgan fingerprint density at radius 3 is 2.47 bits per heavy atom. The zero-order valence-electron chi connectivity index (χ0n) is 18.3. The number of hydrogen-bond donors (Lipinski definition) is 2. The third kappa shape index (κ3) is 4.06. The number of H-pyrrole nitrogens is 1. The molecule has 2 N–H and O–H groups in total. The molecule has 1 heterocycles. The SMILES string of the molecule is COc1cc(C(=O)Nc2ccc3nc(-c4cccc(F)c4)[nH]c3c2)c([N+](=O)[O-])c(OC)c1OC. The number of halogens is 1. The molecule has 3 aromatic carbocycles. The Balaban J connectivity index is 1.71. The maximum Gasteiger partial charge on any atom is 0.327 e. The van der Waals surface area contributed by atoms with Crippen molar-refractivity contribution in [3.63, 3.8) is 0 Å². The van der Waals surface area contributed by atoms with Gasteiger partial charge in [0, 0.05) is 17.3 Å². The number of amides is 1. The molecule has 10 nitrogen and oxygen atoms in total. The summed E-state index contributed by atoms with van der Waals surface area (Å²) in [7, 11) is 3.88. The number of carbonyl (C=O) groups is 1. The predicted octanol–water partition coefficient (Wildman–Crippen LogP) is 4.56. The molecule has 4 aromatic rings. The van der Waals surface area contributed by atoms with Crippen LogP contribution in [0.1, 0.15) is 10.4 Å². The zero-order chi connectivity index (χ0) is 24.4. The minimum atomic E-state index is -0.754. The van der Waals surface area contributed by atoms with E-state index in [-0.39, 0.29) is 22.8 Å². The molecule has 0 saturated carbocycles. The van der Waals surface area contributed by atoms with Gasteiger partial charge < -0.3 is 24.5 Å². The second-order valence-corrected chi connectivity index (χ2v) is 7.08. The zero-order valence-corrected chi connectivity index (χ0v) is 18.3. The van der Waals surface area contributed by atoms with E-state index in [0.717, 1.165) is 0 Å². The molecule has 0 saturated heterocycles. The number of aromatic amines is 1. The van der Waals surface area contributed by atoms with Crippen LogP contribution >= 0.6 is 0 Å². The lowest BCUT2D eigenvalue weighted by atomic mass is 10.1. The first kappa shape index (κ1) is 22.5. The van der Waals surface area contributed by atoms with Crippen molar-refractivity contribution < 1.29 is 28.3 Å². The van der Waals surface area contributed by atoms with Crippen LogP contribution in [0, 0.1) is 15.9 Å². The van der Waals surface area contributed by atoms with E-state index in [1.807, 2.05) is 0 Å². The van der Waals surface area contributed by atoms with Gasteiger partial charge in [-0.1, -0.05) is 12.1 Å². The van der Waals surface area contributed by atoms with E-state index in [1.165, 1.54) is 39.5 Å². The van der Waals surface area contributed by atoms with Crippen molar-refractivity contribution in [1.82, 2.24) is 9.97 Å². The first-order chi connectivity index (χ1) is 16.4. The van der Waals surface area contributed by atoms with E-state index >= 15 is 0 Å². The summed E-state index contributed by atoms with van der Waals surface area (Å²) in [6, 6.07) is 12.1. The topological polar surface area (TPSA) is 129 Å². The Bertz CT molecular complexity index is 1420. The summed E-state index contributed by atoms with van der Waals surface area (Å²) in [4.78, 5) is 31.6. The first-order valence-electron chi connectivity index (χ1n) is 9.90. The molecule has 0 radical (unpaired) electrons. The summed E-state index contributed by atoms with van der Waals surface area (Å²) in [5, 5.41) is 14.4. The highest BCUT2D eigenvalue weighted by molar-refractivity contribution is 6.09. The molecule has 34 heavy (non-hydrogen) atoms. The largest absolute Gasteiger partial charge is 0.493 e. The number of anilines is 1. The molecule has 174 valence electrons. The number of methoxy groups -OCH3 is 3. The molecule has 1 amide bonds. The Morgan fingerprint density at radius 1 is 1.06 bits per heavy atom. The number of fused-ring (bicyclic) bond motifs is 1. The lowest BCUT2D eigenvalue weighted by molar-refractivity contribution is -0.386. The molecule has 0 aliphatic rings. The third-order valence-electron chi connectivity index (χ3n) is 5.07. The fraction of sp³-hybridized carbons (Fsp3) is 0.130. The number of nitrogens with zero attached hydrogens (tertiary/aromatic N) is 2. The third-order valence-corrected chi connectivity index (χ3v) is 5.07. The van der Waals surface area contributed by atoms with Crippen molar-refractivity contribution in [2.24, 2.45) is 0 Å². The van der Waals surface area contributed by atoms with Crippen LogP contribution in [0.4, 0.5) is 15.8 Å². The molecule has 4 rings (SSSR count). The molecule has 0 aliphatic carbocycles. The first-order valence-corrected chi connectivity index (χ1v) is 9.90. The molecule has 0 atom stereocenters. The Morgan fingerprint density at radius 2 is 1.82 bits per heavy atom. The van der Waals surface area contributed by atoms with Gasteiger partial charge in [-0.05, 0) is 30.3 Å². The second-order valence-electron chi connectivity index (χ2n) is 7.08. The van der Waals surface area contributed by atoms with Gasteiger partial charge in [0.25, 0.3) is 5.91 Å². The van der Waals surface area contributed by atoms with Gasteiger partial charge >= 0.3 is 5.69 Å². The average Bonchev–Trinajstić information content (AvgIpc) is 3.25. The van der Waals surface area contributed by atoms with Crippen LogP contribution in [0.3, 0.4) is 0 Å². The van der Waals surface area contributed by atoms with Gasteiger partial charge in [0.05, 0.1) is 37.3 Å². The smallest absolute Gasteiger partial charge is 0.327 e. The van der Waals surface area contributed by atoms with Crippen molar-refractivity contribution >= 4 is 28.3 Å². The summed E-state index contributed by atoms with van der Waals surface area (Å²) < 4.78 is 29.1. The number of benzene rings is 3. The number of imidazole rings is 1. The molecule has 11 heteroatoms. The standard InChI is InChI=1S/C23H19FN4O6/c1-32-18-11-15(19(28(30)31)21(34-3)20(18)33-2)23(29)25-14-7-8-16-17(10-14)27-22(26-16)12-5-4-6-13(24)9-12/h4-11H,1-3H3,(H,25,29)(H,26,27). The summed E-state index contributed by atoms with van der Waals surface area (Å²) >= 11 is 0. The monoisotopic (exact) mass is 466 g/mol. The molecular formula is C23H19FN4O6. The van der Waals surface area contributed by atoms with Crippen molar-refractivity contribution in [3.05, 3.63) is 70.0 Å². The summed E-state index contributed by atoms with van der Waals surface area (Å²) in [5.41, 5.74) is 1.26. The van der Waals surface area contributed by atoms with Crippen LogP contribution in [-0.4, -0.2) is 42.1 Å². The van der Waals surface area contributed by atoms with Gasteiger partial charge in [-0.25, -0.2) is 9.37 Å². The summed E-state index contributed by atoms with van der Waals surface area (Å²) in [5.74, 6) is -0.831. The van der Waals surface area contributed by atoms with E-state index < -0.39 is 22.3 Å². The molecular weight excluding hydrogens is 447 g/mol. The van der Waals surface area contributed by atoms with Gasteiger partial charge in [-0.2, -0.15) is 0 Å². The molecule has 0 bridgehead atoms. The molecule has 1 aromatic heterocycles. The van der Waals surface area contributed by atoms with Crippen LogP contribution in [0.25, 0.3) is 22.4 Å². The van der Waals surface area contributed by atoms with Gasteiger partial charge in [0.15, 0.2) is 5.75 Å². The maximum absolute atomic E-state index is 13.6. The fourth-order valence-electron chi connectivity index (χ4n) is 3.55. The number of ether oxygens (including phenoxy) is 3. The Kier molecular flexibility index (Phi) is 6.00. The van der Waals surface area contributed by atoms with Crippen LogP contribution < -0.4 is 19.5 Å². The van der Waals surface area contributed by atoms with Crippen LogP contribution in [-0.2, 0) is 0 Å². The molecule has 0 unspecified atom stereocenters. The normalized spacial score (nSPS) is 10.7. The van der Waals surface area contributed by atoms with Crippen molar-refractivity contribution in [3.8, 4) is 28.6 Å². The minimum Gasteiger partial charge on any atom is -0.493 e. The van der Waals surface area contributed by atoms with E-state index in [2.05, 4.69) is 15.3 Å². The number of nitrogens with one attached hydrogen (secondary N) is 2. The van der Waals surface area contributed by atoms with Crippen molar-refractivity contribution in [2.45, 2.75) is 0 Å². The molecule has 0 aliphatic heterocycles. The number of carbonyl (C=O) groups excluding carboxylic acids is 1. The van der Waals surface area contributed by atoms with Crippen LogP contribution in [0.15, 0.2) is 48.5 Å². The van der Waals surface area contributed by atoms with Gasteiger partial charge in [-0.15, -0.1) is 0 Å². The second kappa shape index (κ2) is 9.06. The quantitative estimate of drug-likeness (QED) is 0.302. The lowest BCUT2D eigenvalue weighted by Gasteiger charge is -2.15. The highest BCUT2D eigenvalue weighted by Gasteiger charge is 2.32. The number of nitro benzene ring substituents is 1. The minimum absolute atomic E-state index is 0.00277. The number of nitro groups is 1. The number of hydrogen-bond acceptors (Lipinski definition) is 7. The summed E-state index contributed by atoms with van der Waals surface area (Å²) in [6.07, 6.45) is 0. The van der Waals surface area contributed by atoms with Crippen molar-refractivity contribution in [2.75, 3.05) is 26.6 Å². The van der Waals surface area contributed by atoms with E-state index in [9.17, 15) is 19.3 Å². The highest BCUT2D eigenvalue weighted by atomic mass is 19.1. The summed E-state index contributed by atoms with van der Waals surface area (Å²) in [6.45, 7) is 0.